The number of carbonyl (C=O) groups excluding carboxylic acids is 4. The number of ether oxygens (including phenoxy) is 1. The molecule has 2 aromatic rings. The molecule has 3 N–H and O–H groups in total. The van der Waals surface area contributed by atoms with Crippen LogP contribution in [0.5, 0.6) is 0 Å². The first kappa shape index (κ1) is 21.6. The molecule has 152 valence electrons. The van der Waals surface area contributed by atoms with E-state index in [0.717, 1.165) is 0 Å². The molecule has 0 radical (unpaired) electrons. The van der Waals surface area contributed by atoms with Gasteiger partial charge in [-0.1, -0.05) is 18.2 Å². The second-order valence-electron chi connectivity index (χ2n) is 6.76. The van der Waals surface area contributed by atoms with Crippen LogP contribution in [-0.4, -0.2) is 37.8 Å². The second-order valence-corrected chi connectivity index (χ2v) is 6.76. The average molecular weight is 397 g/mol. The van der Waals surface area contributed by atoms with Crippen LogP contribution in [0.1, 0.15) is 29.8 Å². The molecule has 0 bridgehead atoms. The highest BCUT2D eigenvalue weighted by atomic mass is 16.5. The predicted octanol–water partition coefficient (Wildman–Crippen LogP) is 2.07. The van der Waals surface area contributed by atoms with E-state index in [9.17, 15) is 19.2 Å². The van der Waals surface area contributed by atoms with Crippen LogP contribution in [0.2, 0.25) is 0 Å². The Labute approximate surface area is 168 Å². The van der Waals surface area contributed by atoms with E-state index in [-0.39, 0.29) is 11.9 Å². The van der Waals surface area contributed by atoms with Crippen LogP contribution in [0.25, 0.3) is 0 Å². The summed E-state index contributed by atoms with van der Waals surface area (Å²) in [6, 6.07) is 12.8. The molecule has 0 fully saturated rings. The fraction of sp³-hybridized carbons (Fsp3) is 0.238. The van der Waals surface area contributed by atoms with E-state index in [2.05, 4.69) is 16.0 Å². The van der Waals surface area contributed by atoms with Crippen LogP contribution in [0.15, 0.2) is 48.5 Å². The van der Waals surface area contributed by atoms with E-state index in [1.54, 1.807) is 56.3 Å². The summed E-state index contributed by atoms with van der Waals surface area (Å²) in [5, 5.41) is 7.42. The Morgan fingerprint density at radius 2 is 1.45 bits per heavy atom. The van der Waals surface area contributed by atoms with Crippen molar-refractivity contribution in [1.82, 2.24) is 5.32 Å². The molecular formula is C21H23N3O5. The minimum atomic E-state index is -0.877. The normalized spacial score (nSPS) is 10.6. The molecule has 0 aliphatic carbocycles. The smallest absolute Gasteiger partial charge is 0.315 e. The number of methoxy groups -OCH3 is 1. The molecule has 2 rings (SSSR count). The summed E-state index contributed by atoms with van der Waals surface area (Å²) in [5.41, 5.74) is 0.937. The van der Waals surface area contributed by atoms with Gasteiger partial charge in [0.1, 0.15) is 0 Å². The Hall–Kier alpha value is -3.68. The van der Waals surface area contributed by atoms with E-state index in [1.807, 2.05) is 0 Å². The maximum atomic E-state index is 12.2. The molecule has 3 amide bonds. The number of esters is 1. The monoisotopic (exact) mass is 397 g/mol. The zero-order valence-electron chi connectivity index (χ0n) is 16.7. The van der Waals surface area contributed by atoms with Crippen molar-refractivity contribution in [1.29, 1.82) is 0 Å². The second kappa shape index (κ2) is 9.01. The Balaban J connectivity index is 2.04. The van der Waals surface area contributed by atoms with Gasteiger partial charge in [0.15, 0.2) is 0 Å². The summed E-state index contributed by atoms with van der Waals surface area (Å²) in [7, 11) is 2.82. The molecule has 0 saturated carbocycles. The molecule has 2 aromatic carbocycles. The van der Waals surface area contributed by atoms with E-state index >= 15 is 0 Å². The third-order valence-corrected chi connectivity index (χ3v) is 4.38. The zero-order chi connectivity index (χ0) is 21.6. The van der Waals surface area contributed by atoms with E-state index < -0.39 is 17.2 Å². The number of amides is 3. The lowest BCUT2D eigenvalue weighted by Crippen LogP contribution is -2.30. The van der Waals surface area contributed by atoms with E-state index in [0.29, 0.717) is 22.5 Å². The van der Waals surface area contributed by atoms with Crippen LogP contribution in [0, 0.1) is 0 Å². The molecule has 0 unspecified atom stereocenters. The number of nitrogens with one attached hydrogen (secondary N) is 3. The van der Waals surface area contributed by atoms with Crippen LogP contribution in [0.4, 0.5) is 11.4 Å². The maximum absolute atomic E-state index is 12.2. The number of anilines is 2. The highest BCUT2D eigenvalue weighted by Crippen LogP contribution is 2.26. The summed E-state index contributed by atoms with van der Waals surface area (Å²) in [5.74, 6) is -2.43. The van der Waals surface area contributed by atoms with Gasteiger partial charge in [0, 0.05) is 24.0 Å². The predicted molar refractivity (Wildman–Crippen MR) is 109 cm³/mol. The maximum Gasteiger partial charge on any atom is 0.315 e. The Morgan fingerprint density at radius 3 is 2.00 bits per heavy atom. The van der Waals surface area contributed by atoms with Gasteiger partial charge < -0.3 is 20.7 Å². The quantitative estimate of drug-likeness (QED) is 0.528. The molecule has 0 atom stereocenters. The molecule has 29 heavy (non-hydrogen) atoms. The van der Waals surface area contributed by atoms with Gasteiger partial charge in [0.25, 0.3) is 5.91 Å². The molecule has 0 aromatic heterocycles. The summed E-state index contributed by atoms with van der Waals surface area (Å²) in [6.45, 7) is 3.46. The van der Waals surface area contributed by atoms with E-state index in [1.165, 1.54) is 20.2 Å². The molecule has 0 heterocycles. The standard InChI is InChI=1S/C21H23N3O5/c1-21(2,20(28)29-4)14-8-10-15(11-9-14)23-18(26)19(27)24-16-7-5-6-13(12-16)17(25)22-3/h5-12H,1-4H3,(H,22,25)(H,23,26)(H,24,27). The highest BCUT2D eigenvalue weighted by molar-refractivity contribution is 6.43. The van der Waals surface area contributed by atoms with Gasteiger partial charge in [0.2, 0.25) is 0 Å². The Bertz CT molecular complexity index is 936. The van der Waals surface area contributed by atoms with Crippen LogP contribution >= 0.6 is 0 Å². The first-order chi connectivity index (χ1) is 13.7. The molecule has 0 spiro atoms. The lowest BCUT2D eigenvalue weighted by Gasteiger charge is -2.22. The van der Waals surface area contributed by atoms with Crippen molar-refractivity contribution in [3.63, 3.8) is 0 Å². The lowest BCUT2D eigenvalue weighted by molar-refractivity contribution is -0.146. The van der Waals surface area contributed by atoms with Crippen molar-refractivity contribution in [3.05, 3.63) is 59.7 Å². The van der Waals surface area contributed by atoms with Gasteiger partial charge >= 0.3 is 17.8 Å². The zero-order valence-corrected chi connectivity index (χ0v) is 16.7. The fourth-order valence-corrected chi connectivity index (χ4v) is 2.60. The minimum absolute atomic E-state index is 0.305. The number of hydrogen-bond acceptors (Lipinski definition) is 5. The fourth-order valence-electron chi connectivity index (χ4n) is 2.60. The number of carbonyl (C=O) groups is 4. The lowest BCUT2D eigenvalue weighted by atomic mass is 9.85. The summed E-state index contributed by atoms with van der Waals surface area (Å²) in [4.78, 5) is 47.8. The van der Waals surface area contributed by atoms with Crippen molar-refractivity contribution < 1.29 is 23.9 Å². The first-order valence-corrected chi connectivity index (χ1v) is 8.82. The highest BCUT2D eigenvalue weighted by Gasteiger charge is 2.30. The number of rotatable bonds is 5. The molecule has 8 nitrogen and oxygen atoms in total. The Morgan fingerprint density at radius 1 is 0.862 bits per heavy atom. The molecule has 0 saturated heterocycles. The van der Waals surface area contributed by atoms with Crippen molar-refractivity contribution in [2.24, 2.45) is 0 Å². The molecule has 0 aliphatic heterocycles. The number of benzene rings is 2. The summed E-state index contributed by atoms with van der Waals surface area (Å²) < 4.78 is 4.80. The van der Waals surface area contributed by atoms with E-state index in [4.69, 9.17) is 4.74 Å². The molecule has 0 aliphatic rings. The van der Waals surface area contributed by atoms with Gasteiger partial charge in [-0.3, -0.25) is 19.2 Å². The van der Waals surface area contributed by atoms with Crippen molar-refractivity contribution >= 4 is 35.1 Å². The Kier molecular flexibility index (Phi) is 6.71. The first-order valence-electron chi connectivity index (χ1n) is 8.82. The average Bonchev–Trinajstić information content (AvgIpc) is 2.72. The van der Waals surface area contributed by atoms with Crippen LogP contribution in [-0.2, 0) is 24.5 Å². The minimum Gasteiger partial charge on any atom is -0.468 e. The third kappa shape index (κ3) is 5.19. The number of hydrogen-bond donors (Lipinski definition) is 3. The van der Waals surface area contributed by atoms with Gasteiger partial charge in [-0.05, 0) is 49.7 Å². The van der Waals surface area contributed by atoms with Gasteiger partial charge in [0.05, 0.1) is 12.5 Å². The van der Waals surface area contributed by atoms with Crippen molar-refractivity contribution in [2.45, 2.75) is 19.3 Å². The summed E-state index contributed by atoms with van der Waals surface area (Å²) >= 11 is 0. The van der Waals surface area contributed by atoms with Crippen molar-refractivity contribution in [2.75, 3.05) is 24.8 Å². The topological polar surface area (TPSA) is 114 Å². The van der Waals surface area contributed by atoms with Gasteiger partial charge in [-0.25, -0.2) is 0 Å². The SMILES string of the molecule is CNC(=O)c1cccc(NC(=O)C(=O)Nc2ccc(C(C)(C)C(=O)OC)cc2)c1. The van der Waals surface area contributed by atoms with Crippen molar-refractivity contribution in [3.8, 4) is 0 Å². The largest absolute Gasteiger partial charge is 0.468 e. The molecule has 8 heteroatoms. The van der Waals surface area contributed by atoms with Crippen LogP contribution < -0.4 is 16.0 Å². The third-order valence-electron chi connectivity index (χ3n) is 4.38. The van der Waals surface area contributed by atoms with Gasteiger partial charge in [-0.2, -0.15) is 0 Å². The summed E-state index contributed by atoms with van der Waals surface area (Å²) in [6.07, 6.45) is 0. The van der Waals surface area contributed by atoms with Crippen LogP contribution in [0.3, 0.4) is 0 Å². The molecular weight excluding hydrogens is 374 g/mol. The van der Waals surface area contributed by atoms with Gasteiger partial charge in [-0.15, -0.1) is 0 Å².